The first-order chi connectivity index (χ1) is 10.2. The van der Waals surface area contributed by atoms with Crippen molar-refractivity contribution in [2.24, 2.45) is 0 Å². The molecule has 0 bridgehead atoms. The molecule has 3 rings (SSSR count). The number of fused-ring (bicyclic) bond motifs is 1. The number of aryl methyl sites for hydroxylation is 3. The highest BCUT2D eigenvalue weighted by atomic mass is 32.1. The molecule has 0 aromatic carbocycles. The van der Waals surface area contributed by atoms with Crippen LogP contribution in [-0.4, -0.2) is 22.9 Å². The summed E-state index contributed by atoms with van der Waals surface area (Å²) in [6.45, 7) is 2.02. The fraction of sp³-hybridized carbons (Fsp3) is 0.400. The van der Waals surface area contributed by atoms with Gasteiger partial charge in [-0.2, -0.15) is 0 Å². The van der Waals surface area contributed by atoms with Gasteiger partial charge in [-0.1, -0.05) is 6.92 Å². The lowest BCUT2D eigenvalue weighted by atomic mass is 10.2. The van der Waals surface area contributed by atoms with Crippen LogP contribution in [0.2, 0.25) is 0 Å². The number of thiazole rings is 1. The van der Waals surface area contributed by atoms with E-state index in [1.165, 1.54) is 11.3 Å². The molecule has 0 aliphatic heterocycles. The van der Waals surface area contributed by atoms with Gasteiger partial charge in [0.05, 0.1) is 5.69 Å². The van der Waals surface area contributed by atoms with Crippen LogP contribution >= 0.6 is 11.3 Å². The number of amides is 1. The summed E-state index contributed by atoms with van der Waals surface area (Å²) < 4.78 is 0. The second-order valence-corrected chi connectivity index (χ2v) is 6.12. The van der Waals surface area contributed by atoms with E-state index < -0.39 is 0 Å². The Bertz CT molecular complexity index is 637. The van der Waals surface area contributed by atoms with Crippen LogP contribution in [0.25, 0.3) is 0 Å². The van der Waals surface area contributed by atoms with Crippen LogP contribution in [0.4, 0.5) is 10.9 Å². The van der Waals surface area contributed by atoms with Gasteiger partial charge in [-0.05, 0) is 37.8 Å². The lowest BCUT2D eigenvalue weighted by Gasteiger charge is -2.07. The van der Waals surface area contributed by atoms with Crippen molar-refractivity contribution in [1.29, 1.82) is 0 Å². The number of rotatable bonds is 4. The summed E-state index contributed by atoms with van der Waals surface area (Å²) in [5.41, 5.74) is 2.66. The van der Waals surface area contributed by atoms with Crippen molar-refractivity contribution in [3.05, 3.63) is 34.0 Å². The van der Waals surface area contributed by atoms with Crippen molar-refractivity contribution in [2.45, 2.75) is 32.6 Å². The van der Waals surface area contributed by atoms with Crippen molar-refractivity contribution in [3.63, 3.8) is 0 Å². The summed E-state index contributed by atoms with van der Waals surface area (Å²) >= 11 is 1.59. The summed E-state index contributed by atoms with van der Waals surface area (Å²) in [6.07, 6.45) is 4.09. The molecule has 0 atom stereocenters. The lowest BCUT2D eigenvalue weighted by molar-refractivity contribution is 0.102. The highest BCUT2D eigenvalue weighted by Gasteiger charge is 2.18. The molecule has 110 valence electrons. The van der Waals surface area contributed by atoms with E-state index in [2.05, 4.69) is 20.6 Å². The van der Waals surface area contributed by atoms with E-state index in [1.807, 2.05) is 13.0 Å². The maximum absolute atomic E-state index is 12.4. The van der Waals surface area contributed by atoms with Gasteiger partial charge in [0.1, 0.15) is 5.82 Å². The minimum Gasteiger partial charge on any atom is -0.373 e. The zero-order chi connectivity index (χ0) is 14.8. The molecular formula is C15H18N4OS. The summed E-state index contributed by atoms with van der Waals surface area (Å²) in [7, 11) is 1.80. The number of carbonyl (C=O) groups is 1. The minimum atomic E-state index is -0.129. The van der Waals surface area contributed by atoms with E-state index in [0.717, 1.165) is 30.7 Å². The van der Waals surface area contributed by atoms with Crippen LogP contribution in [0.1, 0.15) is 40.0 Å². The SMILES string of the molecule is CCc1cc(C(=O)Nc2nc3c(s2)CCC3)cc(NC)n1. The number of carbonyl (C=O) groups excluding carboxylic acids is 1. The van der Waals surface area contributed by atoms with Crippen LogP contribution in [0.5, 0.6) is 0 Å². The third-order valence-electron chi connectivity index (χ3n) is 3.58. The lowest BCUT2D eigenvalue weighted by Crippen LogP contribution is -2.13. The van der Waals surface area contributed by atoms with Crippen LogP contribution in [-0.2, 0) is 19.3 Å². The maximum atomic E-state index is 12.4. The molecule has 0 saturated carbocycles. The predicted molar refractivity (Wildman–Crippen MR) is 85.3 cm³/mol. The third kappa shape index (κ3) is 2.90. The van der Waals surface area contributed by atoms with Crippen LogP contribution in [0.3, 0.4) is 0 Å². The van der Waals surface area contributed by atoms with Gasteiger partial charge in [-0.25, -0.2) is 9.97 Å². The third-order valence-corrected chi connectivity index (χ3v) is 4.65. The quantitative estimate of drug-likeness (QED) is 0.911. The zero-order valence-corrected chi connectivity index (χ0v) is 13.0. The molecule has 2 aromatic rings. The van der Waals surface area contributed by atoms with Gasteiger partial charge in [0.2, 0.25) is 0 Å². The smallest absolute Gasteiger partial charge is 0.257 e. The Morgan fingerprint density at radius 3 is 2.90 bits per heavy atom. The molecular weight excluding hydrogens is 284 g/mol. The van der Waals surface area contributed by atoms with Crippen molar-refractivity contribution in [2.75, 3.05) is 17.7 Å². The Morgan fingerprint density at radius 1 is 1.33 bits per heavy atom. The number of nitrogens with one attached hydrogen (secondary N) is 2. The second-order valence-electron chi connectivity index (χ2n) is 5.03. The van der Waals surface area contributed by atoms with Crippen molar-refractivity contribution in [1.82, 2.24) is 9.97 Å². The molecule has 6 heteroatoms. The Balaban J connectivity index is 1.81. The van der Waals surface area contributed by atoms with E-state index >= 15 is 0 Å². The van der Waals surface area contributed by atoms with Gasteiger partial charge in [0.15, 0.2) is 5.13 Å². The van der Waals surface area contributed by atoms with Crippen molar-refractivity contribution >= 4 is 28.2 Å². The van der Waals surface area contributed by atoms with Gasteiger partial charge in [0, 0.05) is 23.2 Å². The van der Waals surface area contributed by atoms with Gasteiger partial charge in [-0.3, -0.25) is 10.1 Å². The summed E-state index contributed by atoms with van der Waals surface area (Å²) in [5.74, 6) is 0.581. The van der Waals surface area contributed by atoms with E-state index in [4.69, 9.17) is 0 Å². The molecule has 0 fully saturated rings. The van der Waals surface area contributed by atoms with Crippen LogP contribution in [0.15, 0.2) is 12.1 Å². The molecule has 0 spiro atoms. The normalized spacial score (nSPS) is 13.0. The number of hydrogen-bond acceptors (Lipinski definition) is 5. The largest absolute Gasteiger partial charge is 0.373 e. The first-order valence-corrected chi connectivity index (χ1v) is 8.00. The molecule has 5 nitrogen and oxygen atoms in total. The average Bonchev–Trinajstić information content (AvgIpc) is 3.07. The van der Waals surface area contributed by atoms with E-state index in [-0.39, 0.29) is 5.91 Å². The molecule has 21 heavy (non-hydrogen) atoms. The number of aromatic nitrogens is 2. The molecule has 1 amide bonds. The fourth-order valence-corrected chi connectivity index (χ4v) is 3.49. The molecule has 0 unspecified atom stereocenters. The first-order valence-electron chi connectivity index (χ1n) is 7.18. The molecule has 2 heterocycles. The summed E-state index contributed by atoms with van der Waals surface area (Å²) in [5, 5.41) is 6.59. The van der Waals surface area contributed by atoms with E-state index in [1.54, 1.807) is 24.5 Å². The van der Waals surface area contributed by atoms with Crippen molar-refractivity contribution < 1.29 is 4.79 Å². The number of nitrogens with zero attached hydrogens (tertiary/aromatic N) is 2. The molecule has 2 N–H and O–H groups in total. The predicted octanol–water partition coefficient (Wildman–Crippen LogP) is 2.88. The Hall–Kier alpha value is -1.95. The Kier molecular flexibility index (Phi) is 3.88. The second kappa shape index (κ2) is 5.81. The minimum absolute atomic E-state index is 0.129. The maximum Gasteiger partial charge on any atom is 0.257 e. The van der Waals surface area contributed by atoms with Crippen LogP contribution < -0.4 is 10.6 Å². The molecule has 1 aliphatic carbocycles. The number of pyridine rings is 1. The summed E-state index contributed by atoms with van der Waals surface area (Å²) in [6, 6.07) is 3.59. The van der Waals surface area contributed by atoms with Gasteiger partial charge >= 0.3 is 0 Å². The standard InChI is InChI=1S/C15H18N4OS/c1-3-10-7-9(8-13(16-2)17-10)14(20)19-15-18-11-5-4-6-12(11)21-15/h7-8H,3-6H2,1-2H3,(H,16,17)(H,18,19,20). The Morgan fingerprint density at radius 2 is 2.19 bits per heavy atom. The van der Waals surface area contributed by atoms with Crippen molar-refractivity contribution in [3.8, 4) is 0 Å². The summed E-state index contributed by atoms with van der Waals surface area (Å²) in [4.78, 5) is 22.6. The zero-order valence-electron chi connectivity index (χ0n) is 12.2. The molecule has 1 aliphatic rings. The molecule has 0 saturated heterocycles. The fourth-order valence-electron chi connectivity index (χ4n) is 2.44. The molecule has 0 radical (unpaired) electrons. The molecule has 2 aromatic heterocycles. The average molecular weight is 302 g/mol. The highest BCUT2D eigenvalue weighted by Crippen LogP contribution is 2.30. The monoisotopic (exact) mass is 302 g/mol. The van der Waals surface area contributed by atoms with Gasteiger partial charge in [-0.15, -0.1) is 11.3 Å². The highest BCUT2D eigenvalue weighted by molar-refractivity contribution is 7.15. The Labute approximate surface area is 127 Å². The van der Waals surface area contributed by atoms with Crippen LogP contribution in [0, 0.1) is 0 Å². The number of anilines is 2. The number of hydrogen-bond donors (Lipinski definition) is 2. The van der Waals surface area contributed by atoms with E-state index in [0.29, 0.717) is 16.5 Å². The van der Waals surface area contributed by atoms with E-state index in [9.17, 15) is 4.79 Å². The van der Waals surface area contributed by atoms with Gasteiger partial charge < -0.3 is 5.32 Å². The van der Waals surface area contributed by atoms with Gasteiger partial charge in [0.25, 0.3) is 5.91 Å². The first kappa shape index (κ1) is 14.0. The topological polar surface area (TPSA) is 66.9 Å².